The van der Waals surface area contributed by atoms with Gasteiger partial charge in [-0.2, -0.15) is 5.26 Å². The zero-order chi connectivity index (χ0) is 26.8. The Morgan fingerprint density at radius 2 is 1.89 bits per heavy atom. The second-order valence-corrected chi connectivity index (χ2v) is 14.3. The van der Waals surface area contributed by atoms with Crippen molar-refractivity contribution in [2.45, 2.75) is 82.3 Å². The topological polar surface area (TPSA) is 74.0 Å². The molecule has 1 heterocycles. The van der Waals surface area contributed by atoms with Gasteiger partial charge in [0.2, 0.25) is 0 Å². The number of aryl methyl sites for hydroxylation is 1. The molecule has 6 heteroatoms. The average molecular weight is 592 g/mol. The number of pyridine rings is 1. The molecule has 38 heavy (non-hydrogen) atoms. The zero-order valence-corrected chi connectivity index (χ0v) is 24.8. The molecule has 0 spiro atoms. The van der Waals surface area contributed by atoms with E-state index in [4.69, 9.17) is 4.98 Å². The number of Topliss-reactive ketones (excluding diaryl/α,β-unsaturated/α-hetero) is 1. The lowest BCUT2D eigenvalue weighted by molar-refractivity contribution is -0.0164. The number of nitrogens with zero attached hydrogens (tertiary/aromatic N) is 2. The van der Waals surface area contributed by atoms with E-state index in [1.165, 1.54) is 34.9 Å². The predicted molar refractivity (Wildman–Crippen MR) is 154 cm³/mol. The standard InChI is InChI=1S/C32H35BrN2O2S/c1-18-29-24(25(16-34)30(35-18)38-17-28(37)19-4-7-21(33)8-5-19)15-27-23-9-6-20-14-22(36)10-12-31(20,2)26(23)11-13-32(27,29)3/h4-8,22-23,26-27,36H,9-15,17H2,1-3H3/t22-,23-,26+,27-,31-,32+/m0/s1. The lowest BCUT2D eigenvalue weighted by Gasteiger charge is -2.57. The van der Waals surface area contributed by atoms with Crippen molar-refractivity contribution < 1.29 is 9.90 Å². The summed E-state index contributed by atoms with van der Waals surface area (Å²) in [6.07, 6.45) is 9.42. The first kappa shape index (κ1) is 26.3. The largest absolute Gasteiger partial charge is 0.393 e. The minimum Gasteiger partial charge on any atom is -0.393 e. The van der Waals surface area contributed by atoms with Gasteiger partial charge in [-0.25, -0.2) is 4.98 Å². The second-order valence-electron chi connectivity index (χ2n) is 12.4. The number of aliphatic hydroxyl groups excluding tert-OH is 1. The molecule has 0 bridgehead atoms. The van der Waals surface area contributed by atoms with E-state index in [0.717, 1.165) is 48.7 Å². The van der Waals surface area contributed by atoms with Gasteiger partial charge in [-0.3, -0.25) is 4.79 Å². The van der Waals surface area contributed by atoms with Crippen molar-refractivity contribution in [2.24, 2.45) is 23.2 Å². The van der Waals surface area contributed by atoms with Crippen LogP contribution in [0.25, 0.3) is 0 Å². The van der Waals surface area contributed by atoms with Gasteiger partial charge in [0.1, 0.15) is 11.1 Å². The molecule has 4 aliphatic carbocycles. The van der Waals surface area contributed by atoms with Crippen LogP contribution in [0, 0.1) is 41.4 Å². The number of nitriles is 1. The van der Waals surface area contributed by atoms with Crippen molar-refractivity contribution in [3.63, 3.8) is 0 Å². The van der Waals surface area contributed by atoms with Gasteiger partial charge in [0.05, 0.1) is 17.4 Å². The number of carbonyl (C=O) groups excluding carboxylic acids is 1. The van der Waals surface area contributed by atoms with Gasteiger partial charge in [-0.1, -0.05) is 65.3 Å². The maximum Gasteiger partial charge on any atom is 0.173 e. The molecule has 6 atom stereocenters. The minimum atomic E-state index is -0.186. The third-order valence-corrected chi connectivity index (χ3v) is 12.0. The molecule has 1 aromatic carbocycles. The monoisotopic (exact) mass is 590 g/mol. The molecule has 1 aromatic heterocycles. The number of aliphatic hydroxyl groups is 1. The van der Waals surface area contributed by atoms with Gasteiger partial charge in [-0.05, 0) is 104 Å². The summed E-state index contributed by atoms with van der Waals surface area (Å²) >= 11 is 4.82. The number of aromatic nitrogens is 1. The molecule has 2 saturated carbocycles. The molecule has 0 radical (unpaired) electrons. The van der Waals surface area contributed by atoms with E-state index >= 15 is 0 Å². The van der Waals surface area contributed by atoms with Crippen LogP contribution < -0.4 is 0 Å². The average Bonchev–Trinajstić information content (AvgIpc) is 3.22. The van der Waals surface area contributed by atoms with E-state index in [9.17, 15) is 15.2 Å². The molecule has 2 fully saturated rings. The minimum absolute atomic E-state index is 0.0332. The fourth-order valence-electron chi connectivity index (χ4n) is 8.64. The number of allylic oxidation sites excluding steroid dienone is 1. The van der Waals surface area contributed by atoms with Crippen molar-refractivity contribution >= 4 is 33.5 Å². The Hall–Kier alpha value is -1.94. The van der Waals surface area contributed by atoms with Gasteiger partial charge >= 0.3 is 0 Å². The Kier molecular flexibility index (Phi) is 6.65. The zero-order valence-electron chi connectivity index (χ0n) is 22.4. The Balaban J connectivity index is 1.31. The molecule has 198 valence electrons. The number of hydrogen-bond acceptors (Lipinski definition) is 5. The van der Waals surface area contributed by atoms with Crippen LogP contribution in [-0.4, -0.2) is 27.7 Å². The number of halogens is 1. The van der Waals surface area contributed by atoms with E-state index in [1.54, 1.807) is 0 Å². The summed E-state index contributed by atoms with van der Waals surface area (Å²) in [5.41, 5.74) is 6.59. The highest BCUT2D eigenvalue weighted by molar-refractivity contribution is 9.10. The SMILES string of the molecule is Cc1nc(SCC(=O)c2ccc(Br)cc2)c(C#N)c2c1[C@]1(C)CC[C@@H]3[C@H](CC=C4C[C@@H](O)CC[C@@]43C)[C@@H]1C2. The van der Waals surface area contributed by atoms with Crippen molar-refractivity contribution in [3.8, 4) is 6.07 Å². The Morgan fingerprint density at radius 3 is 2.63 bits per heavy atom. The summed E-state index contributed by atoms with van der Waals surface area (Å²) < 4.78 is 0.946. The summed E-state index contributed by atoms with van der Waals surface area (Å²) in [4.78, 5) is 17.8. The van der Waals surface area contributed by atoms with Crippen molar-refractivity contribution in [2.75, 3.05) is 5.75 Å². The number of ketones is 1. The third kappa shape index (κ3) is 4.03. The molecule has 4 aliphatic rings. The normalized spacial score (nSPS) is 33.3. The molecule has 6 rings (SSSR count). The van der Waals surface area contributed by atoms with Crippen molar-refractivity contribution in [1.82, 2.24) is 4.98 Å². The summed E-state index contributed by atoms with van der Waals surface area (Å²) in [7, 11) is 0. The number of hydrogen-bond donors (Lipinski definition) is 1. The number of benzene rings is 1. The van der Waals surface area contributed by atoms with Gasteiger partial charge < -0.3 is 5.11 Å². The highest BCUT2D eigenvalue weighted by atomic mass is 79.9. The number of rotatable bonds is 4. The first-order valence-corrected chi connectivity index (χ1v) is 15.7. The van der Waals surface area contributed by atoms with Crippen LogP contribution in [-0.2, 0) is 11.8 Å². The lowest BCUT2D eigenvalue weighted by Crippen LogP contribution is -2.51. The van der Waals surface area contributed by atoms with Crippen LogP contribution in [0.15, 0.2) is 45.4 Å². The fraction of sp³-hybridized carbons (Fsp3) is 0.531. The highest BCUT2D eigenvalue weighted by Crippen LogP contribution is 2.64. The Labute approximate surface area is 238 Å². The smallest absolute Gasteiger partial charge is 0.173 e. The van der Waals surface area contributed by atoms with Gasteiger partial charge in [-0.15, -0.1) is 0 Å². The molecule has 0 aliphatic heterocycles. The van der Waals surface area contributed by atoms with Gasteiger partial charge in [0.15, 0.2) is 5.78 Å². The molecule has 0 unspecified atom stereocenters. The van der Waals surface area contributed by atoms with Gasteiger partial charge in [0.25, 0.3) is 0 Å². The molecule has 4 nitrogen and oxygen atoms in total. The van der Waals surface area contributed by atoms with E-state index in [0.29, 0.717) is 33.9 Å². The first-order valence-electron chi connectivity index (χ1n) is 13.9. The maximum atomic E-state index is 12.9. The number of thioether (sulfide) groups is 1. The van der Waals surface area contributed by atoms with Crippen LogP contribution in [0.5, 0.6) is 0 Å². The van der Waals surface area contributed by atoms with Crippen molar-refractivity contribution in [1.29, 1.82) is 5.26 Å². The Morgan fingerprint density at radius 1 is 1.16 bits per heavy atom. The Bertz CT molecular complexity index is 1380. The lowest BCUT2D eigenvalue weighted by atomic mass is 9.47. The number of carbonyl (C=O) groups is 1. The second kappa shape index (κ2) is 9.61. The summed E-state index contributed by atoms with van der Waals surface area (Å²) in [5, 5.41) is 21.4. The van der Waals surface area contributed by atoms with E-state index in [2.05, 4.69) is 48.8 Å². The summed E-state index contributed by atoms with van der Waals surface area (Å²) in [5.74, 6) is 2.04. The number of fused-ring (bicyclic) bond motifs is 7. The van der Waals surface area contributed by atoms with Crippen LogP contribution in [0.2, 0.25) is 0 Å². The van der Waals surface area contributed by atoms with E-state index in [1.807, 2.05) is 24.3 Å². The van der Waals surface area contributed by atoms with Crippen LogP contribution in [0.1, 0.15) is 85.1 Å². The molecule has 2 aromatic rings. The third-order valence-electron chi connectivity index (χ3n) is 10.5. The first-order chi connectivity index (χ1) is 18.2. The highest BCUT2D eigenvalue weighted by Gasteiger charge is 2.58. The molecule has 0 saturated heterocycles. The van der Waals surface area contributed by atoms with Crippen molar-refractivity contribution in [3.05, 3.63) is 68.3 Å². The van der Waals surface area contributed by atoms with E-state index in [-0.39, 0.29) is 28.5 Å². The van der Waals surface area contributed by atoms with Crippen LogP contribution in [0.4, 0.5) is 0 Å². The van der Waals surface area contributed by atoms with Gasteiger partial charge in [0, 0.05) is 15.7 Å². The fourth-order valence-corrected chi connectivity index (χ4v) is 9.85. The quantitative estimate of drug-likeness (QED) is 0.229. The predicted octanol–water partition coefficient (Wildman–Crippen LogP) is 7.34. The molecule has 0 amide bonds. The summed E-state index contributed by atoms with van der Waals surface area (Å²) in [6, 6.07) is 9.94. The maximum absolute atomic E-state index is 12.9. The van der Waals surface area contributed by atoms with Crippen LogP contribution in [0.3, 0.4) is 0 Å². The summed E-state index contributed by atoms with van der Waals surface area (Å²) in [6.45, 7) is 6.98. The molecular weight excluding hydrogens is 556 g/mol. The van der Waals surface area contributed by atoms with Crippen LogP contribution >= 0.6 is 27.7 Å². The van der Waals surface area contributed by atoms with E-state index < -0.39 is 0 Å². The molecule has 1 N–H and O–H groups in total. The molecular formula is C32H35BrN2O2S.